The van der Waals surface area contributed by atoms with Crippen LogP contribution in [0, 0.1) is 0 Å². The zero-order chi connectivity index (χ0) is 17.6. The molecule has 0 saturated carbocycles. The van der Waals surface area contributed by atoms with E-state index in [1.165, 1.54) is 0 Å². The molecule has 25 heavy (non-hydrogen) atoms. The van der Waals surface area contributed by atoms with Crippen molar-refractivity contribution in [3.8, 4) is 0 Å². The smallest absolute Gasteiger partial charge is 0.254 e. The third-order valence-electron chi connectivity index (χ3n) is 4.44. The molecule has 2 aliphatic rings. The highest BCUT2D eigenvalue weighted by Crippen LogP contribution is 2.38. The van der Waals surface area contributed by atoms with Gasteiger partial charge in [0.15, 0.2) is 0 Å². The highest BCUT2D eigenvalue weighted by atomic mass is 35.5. The number of halogens is 2. The first-order valence-corrected chi connectivity index (χ1v) is 9.80. The van der Waals surface area contributed by atoms with Gasteiger partial charge in [-0.2, -0.15) is 5.10 Å². The Bertz CT molecular complexity index is 873. The summed E-state index contributed by atoms with van der Waals surface area (Å²) in [6, 6.07) is 7.02. The minimum Gasteiger partial charge on any atom is -0.344 e. The number of thioether (sulfide) groups is 1. The lowest BCUT2D eigenvalue weighted by Gasteiger charge is -2.31. The van der Waals surface area contributed by atoms with Gasteiger partial charge in [0.25, 0.3) is 5.91 Å². The molecular weight excluding hydrogens is 379 g/mol. The molecule has 1 unspecified atom stereocenters. The fraction of sp³-hybridized carbons (Fsp3) is 0.294. The molecule has 0 bridgehead atoms. The molecule has 1 fully saturated rings. The normalized spacial score (nSPS) is 19.8. The predicted octanol–water partition coefficient (Wildman–Crippen LogP) is 4.01. The molecule has 2 aliphatic heterocycles. The van der Waals surface area contributed by atoms with Crippen LogP contribution >= 0.6 is 35.0 Å². The maximum Gasteiger partial charge on any atom is 0.254 e. The lowest BCUT2D eigenvalue weighted by molar-refractivity contribution is -0.126. The summed E-state index contributed by atoms with van der Waals surface area (Å²) in [5, 5.41) is 8.67. The summed E-state index contributed by atoms with van der Waals surface area (Å²) in [5.41, 5.74) is 2.42. The molecule has 1 atom stereocenters. The van der Waals surface area contributed by atoms with E-state index in [1.54, 1.807) is 24.0 Å². The summed E-state index contributed by atoms with van der Waals surface area (Å²) in [4.78, 5) is 15.1. The number of anilines is 1. The van der Waals surface area contributed by atoms with Crippen molar-refractivity contribution in [2.24, 2.45) is 0 Å². The Hall–Kier alpha value is -1.63. The molecule has 130 valence electrons. The van der Waals surface area contributed by atoms with Crippen LogP contribution in [0.5, 0.6) is 0 Å². The highest BCUT2D eigenvalue weighted by molar-refractivity contribution is 7.99. The Balaban J connectivity index is 1.84. The van der Waals surface area contributed by atoms with Crippen LogP contribution in [-0.2, 0) is 4.79 Å². The average Bonchev–Trinajstić information content (AvgIpc) is 3.26. The van der Waals surface area contributed by atoms with Gasteiger partial charge in [-0.15, -0.1) is 11.8 Å². The monoisotopic (exact) mass is 394 g/mol. The Morgan fingerprint density at radius 3 is 2.88 bits per heavy atom. The fourth-order valence-corrected chi connectivity index (χ4v) is 4.47. The number of nitrogens with zero attached hydrogens (tertiary/aromatic N) is 3. The molecule has 3 heterocycles. The lowest BCUT2D eigenvalue weighted by Crippen LogP contribution is -2.36. The van der Waals surface area contributed by atoms with E-state index >= 15 is 0 Å². The highest BCUT2D eigenvalue weighted by Gasteiger charge is 2.35. The van der Waals surface area contributed by atoms with Crippen LogP contribution in [0.4, 0.5) is 5.82 Å². The van der Waals surface area contributed by atoms with E-state index in [2.05, 4.69) is 10.4 Å². The maximum absolute atomic E-state index is 13.2. The van der Waals surface area contributed by atoms with Crippen LogP contribution < -0.4 is 5.32 Å². The molecule has 8 heteroatoms. The second-order valence-electron chi connectivity index (χ2n) is 6.01. The third kappa shape index (κ3) is 2.92. The summed E-state index contributed by atoms with van der Waals surface area (Å²) in [5.74, 6) is 2.57. The summed E-state index contributed by atoms with van der Waals surface area (Å²) < 4.78 is 1.82. The number of amides is 1. The van der Waals surface area contributed by atoms with E-state index in [4.69, 9.17) is 23.2 Å². The van der Waals surface area contributed by atoms with Gasteiger partial charge < -0.3 is 10.2 Å². The molecule has 1 N–H and O–H groups in total. The van der Waals surface area contributed by atoms with Crippen molar-refractivity contribution in [2.45, 2.75) is 13.0 Å². The van der Waals surface area contributed by atoms with E-state index in [0.29, 0.717) is 15.6 Å². The van der Waals surface area contributed by atoms with E-state index in [1.807, 2.05) is 34.7 Å². The SMILES string of the molecule is CC1=C(C(=O)N2CCSC2)C(c2ccc(Cl)c(Cl)c2)n2nccc2N1. The van der Waals surface area contributed by atoms with Crippen LogP contribution in [0.3, 0.4) is 0 Å². The second kappa shape index (κ2) is 6.59. The predicted molar refractivity (Wildman–Crippen MR) is 102 cm³/mol. The summed E-state index contributed by atoms with van der Waals surface area (Å²) in [6.45, 7) is 2.69. The van der Waals surface area contributed by atoms with Gasteiger partial charge in [0.05, 0.1) is 27.7 Å². The first-order chi connectivity index (χ1) is 12.1. The zero-order valence-corrected chi connectivity index (χ0v) is 15.8. The van der Waals surface area contributed by atoms with Crippen molar-refractivity contribution in [3.05, 3.63) is 57.3 Å². The first kappa shape index (κ1) is 16.8. The number of fused-ring (bicyclic) bond motifs is 1. The largest absolute Gasteiger partial charge is 0.344 e. The van der Waals surface area contributed by atoms with Gasteiger partial charge in [-0.25, -0.2) is 4.68 Å². The molecule has 1 aromatic heterocycles. The third-order valence-corrected chi connectivity index (χ3v) is 6.14. The second-order valence-corrected chi connectivity index (χ2v) is 7.90. The number of nitrogens with one attached hydrogen (secondary N) is 1. The van der Waals surface area contributed by atoms with Crippen molar-refractivity contribution >= 4 is 46.7 Å². The molecule has 1 aromatic carbocycles. The van der Waals surface area contributed by atoms with Crippen molar-refractivity contribution < 1.29 is 4.79 Å². The summed E-state index contributed by atoms with van der Waals surface area (Å²) in [7, 11) is 0. The van der Waals surface area contributed by atoms with Crippen molar-refractivity contribution in [2.75, 3.05) is 23.5 Å². The van der Waals surface area contributed by atoms with E-state index < -0.39 is 0 Å². The van der Waals surface area contributed by atoms with Crippen molar-refractivity contribution in [1.29, 1.82) is 0 Å². The number of aromatic nitrogens is 2. The van der Waals surface area contributed by atoms with Gasteiger partial charge in [0.1, 0.15) is 11.9 Å². The van der Waals surface area contributed by atoms with Crippen LogP contribution in [0.15, 0.2) is 41.7 Å². The van der Waals surface area contributed by atoms with Crippen LogP contribution in [0.2, 0.25) is 10.0 Å². The van der Waals surface area contributed by atoms with Crippen molar-refractivity contribution in [3.63, 3.8) is 0 Å². The molecule has 4 rings (SSSR count). The minimum atomic E-state index is -0.334. The van der Waals surface area contributed by atoms with Crippen LogP contribution in [0.1, 0.15) is 18.5 Å². The van der Waals surface area contributed by atoms with Gasteiger partial charge in [0, 0.05) is 24.1 Å². The van der Waals surface area contributed by atoms with Gasteiger partial charge in [-0.3, -0.25) is 4.79 Å². The summed E-state index contributed by atoms with van der Waals surface area (Å²) in [6.07, 6.45) is 1.72. The van der Waals surface area contributed by atoms with E-state index in [0.717, 1.165) is 35.3 Å². The molecule has 0 aliphatic carbocycles. The standard InChI is InChI=1S/C17H16Cl2N4OS/c1-10-15(17(24)22-6-7-25-9-22)16(23-14(21-10)4-5-20-23)11-2-3-12(18)13(19)8-11/h2-5,8,16,21H,6-7,9H2,1H3. The molecule has 1 amide bonds. The van der Waals surface area contributed by atoms with Crippen LogP contribution in [-0.4, -0.2) is 38.8 Å². The van der Waals surface area contributed by atoms with Gasteiger partial charge in [-0.1, -0.05) is 29.3 Å². The Kier molecular flexibility index (Phi) is 4.43. The number of carbonyl (C=O) groups is 1. The van der Waals surface area contributed by atoms with E-state index in [-0.39, 0.29) is 11.9 Å². The first-order valence-electron chi connectivity index (χ1n) is 7.89. The lowest BCUT2D eigenvalue weighted by atomic mass is 9.94. The van der Waals surface area contributed by atoms with Crippen molar-refractivity contribution in [1.82, 2.24) is 14.7 Å². The fourth-order valence-electron chi connectivity index (χ4n) is 3.22. The number of carbonyl (C=O) groups excluding carboxylic acids is 1. The molecule has 5 nitrogen and oxygen atoms in total. The Labute approximate surface area is 160 Å². The molecule has 1 saturated heterocycles. The topological polar surface area (TPSA) is 50.2 Å². The summed E-state index contributed by atoms with van der Waals surface area (Å²) >= 11 is 14.1. The average molecular weight is 395 g/mol. The minimum absolute atomic E-state index is 0.0345. The van der Waals surface area contributed by atoms with E-state index in [9.17, 15) is 4.79 Å². The number of rotatable bonds is 2. The quantitative estimate of drug-likeness (QED) is 0.835. The molecule has 2 aromatic rings. The van der Waals surface area contributed by atoms with Gasteiger partial charge >= 0.3 is 0 Å². The Morgan fingerprint density at radius 2 is 2.16 bits per heavy atom. The molecular formula is C17H16Cl2N4OS. The maximum atomic E-state index is 13.2. The van der Waals surface area contributed by atoms with Crippen LogP contribution in [0.25, 0.3) is 0 Å². The van der Waals surface area contributed by atoms with Gasteiger partial charge in [-0.05, 0) is 24.6 Å². The molecule has 0 radical (unpaired) electrons. The number of hydrogen-bond donors (Lipinski definition) is 1. The number of allylic oxidation sites excluding steroid dienone is 1. The number of benzene rings is 1. The molecule has 0 spiro atoms. The van der Waals surface area contributed by atoms with Gasteiger partial charge in [0.2, 0.25) is 0 Å². The Morgan fingerprint density at radius 1 is 1.32 bits per heavy atom. The number of hydrogen-bond acceptors (Lipinski definition) is 4. The zero-order valence-electron chi connectivity index (χ0n) is 13.5.